The molecule has 2 aliphatic heterocycles. The normalized spacial score (nSPS) is 17.6. The predicted molar refractivity (Wildman–Crippen MR) is 143 cm³/mol. The third-order valence-corrected chi connectivity index (χ3v) is 8.20. The molecule has 3 heterocycles. The van der Waals surface area contributed by atoms with Gasteiger partial charge in [-0.25, -0.2) is 0 Å². The Morgan fingerprint density at radius 2 is 2.17 bits per heavy atom. The Labute approximate surface area is 213 Å². The Kier molecular flexibility index (Phi) is 5.96. The second-order valence-electron chi connectivity index (χ2n) is 8.79. The summed E-state index contributed by atoms with van der Waals surface area (Å²) in [5.41, 5.74) is 10.9. The Morgan fingerprint density at radius 1 is 1.37 bits per heavy atom. The summed E-state index contributed by atoms with van der Waals surface area (Å²) in [5.74, 6) is 0.693. The minimum atomic E-state index is -0.0536. The van der Waals surface area contributed by atoms with Gasteiger partial charge >= 0.3 is 0 Å². The van der Waals surface area contributed by atoms with Gasteiger partial charge in [-0.3, -0.25) is 4.79 Å². The highest BCUT2D eigenvalue weighted by atomic mass is 35.5. The number of hydrogen-bond acceptors (Lipinski definition) is 6. The fourth-order valence-electron chi connectivity index (χ4n) is 5.21. The number of halogens is 1. The Balaban J connectivity index is 1.61. The molecular formula is C27H25ClN4O2S. The molecule has 6 nitrogen and oxygen atoms in total. The van der Waals surface area contributed by atoms with Crippen molar-refractivity contribution < 1.29 is 9.53 Å². The zero-order chi connectivity index (χ0) is 24.9. The Bertz CT molecular complexity index is 1440. The molecule has 0 aliphatic carbocycles. The maximum Gasteiger partial charge on any atom is 0.246 e. The molecule has 0 saturated carbocycles. The fraction of sp³-hybridized carbons (Fsp3) is 0.259. The van der Waals surface area contributed by atoms with Crippen LogP contribution in [-0.4, -0.2) is 48.0 Å². The number of nitrogens with zero attached hydrogens (tertiary/aromatic N) is 3. The van der Waals surface area contributed by atoms with Crippen LogP contribution in [0.4, 0.5) is 5.00 Å². The highest BCUT2D eigenvalue weighted by molar-refractivity contribution is 7.23. The lowest BCUT2D eigenvalue weighted by Crippen LogP contribution is -2.54. The van der Waals surface area contributed by atoms with Gasteiger partial charge in [-0.2, -0.15) is 5.26 Å². The zero-order valence-electron chi connectivity index (χ0n) is 19.4. The number of ether oxygens (including phenoxy) is 1. The smallest absolute Gasteiger partial charge is 0.246 e. The number of carbonyl (C=O) groups excluding carboxylic acids is 1. The van der Waals surface area contributed by atoms with Crippen LogP contribution in [0.5, 0.6) is 5.75 Å². The van der Waals surface area contributed by atoms with E-state index in [0.717, 1.165) is 50.2 Å². The number of fused-ring (bicyclic) bond motifs is 3. The third kappa shape index (κ3) is 3.74. The van der Waals surface area contributed by atoms with Crippen LogP contribution in [0.15, 0.2) is 43.5 Å². The minimum Gasteiger partial charge on any atom is -0.493 e. The van der Waals surface area contributed by atoms with Gasteiger partial charge in [0.05, 0.1) is 12.2 Å². The molecule has 0 bridgehead atoms. The van der Waals surface area contributed by atoms with Gasteiger partial charge in [0, 0.05) is 69.6 Å². The van der Waals surface area contributed by atoms with Gasteiger partial charge in [0.25, 0.3) is 0 Å². The SMILES string of the molecule is C=CC(=O)N1CCN2C(=C)c3cc(Cl)c(-c4cccc5sc(N)c(C#N)c45)c(C)c3OCC[C@H]2C1. The molecule has 1 fully saturated rings. The molecule has 8 heteroatoms. The van der Waals surface area contributed by atoms with Crippen molar-refractivity contribution in [3.63, 3.8) is 0 Å². The molecule has 35 heavy (non-hydrogen) atoms. The van der Waals surface area contributed by atoms with E-state index in [-0.39, 0.29) is 11.9 Å². The number of rotatable bonds is 2. The molecule has 1 atom stereocenters. The quantitative estimate of drug-likeness (QED) is 0.470. The number of anilines is 1. The summed E-state index contributed by atoms with van der Waals surface area (Å²) in [6.45, 7) is 12.4. The number of hydrogen-bond donors (Lipinski definition) is 1. The van der Waals surface area contributed by atoms with Crippen molar-refractivity contribution in [2.75, 3.05) is 32.0 Å². The van der Waals surface area contributed by atoms with Crippen molar-refractivity contribution in [2.24, 2.45) is 0 Å². The lowest BCUT2D eigenvalue weighted by Gasteiger charge is -2.44. The van der Waals surface area contributed by atoms with Crippen LogP contribution < -0.4 is 10.5 Å². The largest absolute Gasteiger partial charge is 0.493 e. The first-order chi connectivity index (χ1) is 16.8. The predicted octanol–water partition coefficient (Wildman–Crippen LogP) is 5.44. The first-order valence-corrected chi connectivity index (χ1v) is 12.6. The molecule has 0 spiro atoms. The van der Waals surface area contributed by atoms with E-state index in [2.05, 4.69) is 24.1 Å². The summed E-state index contributed by atoms with van der Waals surface area (Å²) < 4.78 is 7.28. The first-order valence-electron chi connectivity index (χ1n) is 11.4. The van der Waals surface area contributed by atoms with Crippen molar-refractivity contribution in [1.82, 2.24) is 9.80 Å². The van der Waals surface area contributed by atoms with E-state index in [4.69, 9.17) is 22.1 Å². The first kappa shape index (κ1) is 23.3. The van der Waals surface area contributed by atoms with Crippen molar-refractivity contribution in [3.8, 4) is 22.9 Å². The number of amides is 1. The lowest BCUT2D eigenvalue weighted by atomic mass is 9.92. The van der Waals surface area contributed by atoms with Gasteiger partial charge < -0.3 is 20.3 Å². The van der Waals surface area contributed by atoms with Crippen LogP contribution in [0.1, 0.15) is 23.1 Å². The van der Waals surface area contributed by atoms with Gasteiger partial charge in [0.2, 0.25) is 5.91 Å². The van der Waals surface area contributed by atoms with E-state index in [9.17, 15) is 10.1 Å². The van der Waals surface area contributed by atoms with E-state index in [1.165, 1.54) is 17.4 Å². The summed E-state index contributed by atoms with van der Waals surface area (Å²) >= 11 is 8.33. The average molecular weight is 505 g/mol. The van der Waals surface area contributed by atoms with Crippen molar-refractivity contribution in [1.29, 1.82) is 5.26 Å². The standard InChI is InChI=1S/C27H25ClN4O2S/c1-4-23(33)31-9-10-32-16(3)19-12-21(28)24(15(2)26(19)34-11-8-17(32)14-31)18-6-5-7-22-25(18)20(13-29)27(30)35-22/h4-7,12,17H,1,3,8-11,14,30H2,2H3/t17-/m0/s1. The number of carbonyl (C=O) groups is 1. The monoisotopic (exact) mass is 504 g/mol. The molecule has 178 valence electrons. The summed E-state index contributed by atoms with van der Waals surface area (Å²) in [7, 11) is 0. The van der Waals surface area contributed by atoms with E-state index in [1.54, 1.807) is 0 Å². The molecule has 3 aromatic rings. The number of nitriles is 1. The van der Waals surface area contributed by atoms with Crippen LogP contribution in [0.2, 0.25) is 5.02 Å². The average Bonchev–Trinajstić information content (AvgIpc) is 3.18. The molecule has 5 rings (SSSR count). The second-order valence-corrected chi connectivity index (χ2v) is 10.3. The minimum absolute atomic E-state index is 0.0536. The highest BCUT2D eigenvalue weighted by Gasteiger charge is 2.33. The van der Waals surface area contributed by atoms with Gasteiger partial charge in [-0.05, 0) is 30.7 Å². The van der Waals surface area contributed by atoms with Crippen molar-refractivity contribution >= 4 is 49.6 Å². The molecule has 0 unspecified atom stereocenters. The van der Waals surface area contributed by atoms with Gasteiger partial charge in [0.15, 0.2) is 0 Å². The Morgan fingerprint density at radius 3 is 2.91 bits per heavy atom. The Hall–Kier alpha value is -3.47. The summed E-state index contributed by atoms with van der Waals surface area (Å²) in [6.07, 6.45) is 2.12. The van der Waals surface area contributed by atoms with Crippen LogP contribution in [0.25, 0.3) is 26.9 Å². The van der Waals surface area contributed by atoms with E-state index >= 15 is 0 Å². The van der Waals surface area contributed by atoms with Crippen molar-refractivity contribution in [2.45, 2.75) is 19.4 Å². The molecule has 2 aliphatic rings. The maximum atomic E-state index is 12.2. The maximum absolute atomic E-state index is 12.2. The van der Waals surface area contributed by atoms with E-state index < -0.39 is 0 Å². The van der Waals surface area contributed by atoms with Crippen LogP contribution in [-0.2, 0) is 4.79 Å². The van der Waals surface area contributed by atoms with E-state index in [1.807, 2.05) is 36.1 Å². The molecule has 1 amide bonds. The van der Waals surface area contributed by atoms with Crippen LogP contribution in [0, 0.1) is 18.3 Å². The topological polar surface area (TPSA) is 82.6 Å². The number of benzene rings is 2. The molecular weight excluding hydrogens is 480 g/mol. The molecule has 1 saturated heterocycles. The van der Waals surface area contributed by atoms with Crippen LogP contribution in [0.3, 0.4) is 0 Å². The number of nitrogen functional groups attached to an aromatic ring is 1. The number of nitrogens with two attached hydrogens (primary N) is 1. The third-order valence-electron chi connectivity index (χ3n) is 6.92. The van der Waals surface area contributed by atoms with Crippen molar-refractivity contribution in [3.05, 3.63) is 65.2 Å². The van der Waals surface area contributed by atoms with Gasteiger partial charge in [-0.15, -0.1) is 11.3 Å². The second kappa shape index (κ2) is 8.95. The summed E-state index contributed by atoms with van der Waals surface area (Å²) in [6, 6.07) is 10.2. The van der Waals surface area contributed by atoms with Gasteiger partial charge in [0.1, 0.15) is 16.8 Å². The van der Waals surface area contributed by atoms with E-state index in [0.29, 0.717) is 41.8 Å². The zero-order valence-corrected chi connectivity index (χ0v) is 21.0. The molecule has 2 N–H and O–H groups in total. The highest BCUT2D eigenvalue weighted by Crippen LogP contribution is 2.47. The number of thiophene rings is 1. The molecule has 1 aromatic heterocycles. The molecule has 0 radical (unpaired) electrons. The summed E-state index contributed by atoms with van der Waals surface area (Å²) in [5, 5.41) is 11.6. The molecule has 2 aromatic carbocycles. The summed E-state index contributed by atoms with van der Waals surface area (Å²) in [4.78, 5) is 16.3. The fourth-order valence-corrected chi connectivity index (χ4v) is 6.51. The van der Waals surface area contributed by atoms with Gasteiger partial charge in [-0.1, -0.05) is 36.9 Å². The number of piperazine rings is 1. The van der Waals surface area contributed by atoms with Crippen LogP contribution >= 0.6 is 22.9 Å². The lowest BCUT2D eigenvalue weighted by molar-refractivity contribution is -0.128.